The summed E-state index contributed by atoms with van der Waals surface area (Å²) < 4.78 is 0. The molecule has 3 N–H and O–H groups in total. The van der Waals surface area contributed by atoms with Gasteiger partial charge in [0.1, 0.15) is 6.10 Å². The Kier molecular flexibility index (Phi) is 6.87. The van der Waals surface area contributed by atoms with Gasteiger partial charge in [-0.15, -0.1) is 0 Å². The molecule has 0 aromatic rings. The van der Waals surface area contributed by atoms with E-state index in [1.807, 2.05) is 6.92 Å². The number of aliphatic hydroxyl groups excluding tert-OH is 1. The van der Waals surface area contributed by atoms with Gasteiger partial charge in [-0.3, -0.25) is 4.79 Å². The lowest BCUT2D eigenvalue weighted by molar-refractivity contribution is -0.143. The van der Waals surface area contributed by atoms with Crippen molar-refractivity contribution in [2.45, 2.75) is 32.4 Å². The maximum atomic E-state index is 10.8. The van der Waals surface area contributed by atoms with E-state index in [-0.39, 0.29) is 6.41 Å². The molecule has 0 spiro atoms. The zero-order valence-corrected chi connectivity index (χ0v) is 9.38. The zero-order chi connectivity index (χ0) is 12.6. The summed E-state index contributed by atoms with van der Waals surface area (Å²) in [6, 6.07) is -1.33. The Bertz CT molecular complexity index is 296. The van der Waals surface area contributed by atoms with Crippen LogP contribution in [0.15, 0.2) is 23.8 Å². The molecule has 16 heavy (non-hydrogen) atoms. The maximum Gasteiger partial charge on any atom is 0.329 e. The van der Waals surface area contributed by atoms with E-state index in [0.29, 0.717) is 12.0 Å². The lowest BCUT2D eigenvalue weighted by Gasteiger charge is -2.19. The molecule has 0 aromatic carbocycles. The Hall–Kier alpha value is -1.62. The van der Waals surface area contributed by atoms with E-state index >= 15 is 0 Å². The first-order valence-electron chi connectivity index (χ1n) is 5.01. The molecule has 0 aliphatic rings. The Labute approximate surface area is 94.5 Å². The van der Waals surface area contributed by atoms with E-state index in [1.54, 1.807) is 25.2 Å². The van der Waals surface area contributed by atoms with Crippen LogP contribution >= 0.6 is 0 Å². The van der Waals surface area contributed by atoms with Gasteiger partial charge in [-0.2, -0.15) is 0 Å². The molecule has 0 bridgehead atoms. The van der Waals surface area contributed by atoms with Gasteiger partial charge in [0.15, 0.2) is 6.04 Å². The molecule has 0 fully saturated rings. The quantitative estimate of drug-likeness (QED) is 0.435. The van der Waals surface area contributed by atoms with Crippen LogP contribution in [0.5, 0.6) is 0 Å². The van der Waals surface area contributed by atoms with Crippen LogP contribution in [0.2, 0.25) is 0 Å². The van der Waals surface area contributed by atoms with Crippen molar-refractivity contribution in [2.24, 2.45) is 0 Å². The molecule has 0 aromatic heterocycles. The maximum absolute atomic E-state index is 10.8. The monoisotopic (exact) mass is 227 g/mol. The molecule has 0 radical (unpaired) electrons. The second-order valence-electron chi connectivity index (χ2n) is 3.16. The molecule has 90 valence electrons. The second-order valence-corrected chi connectivity index (χ2v) is 3.16. The van der Waals surface area contributed by atoms with Crippen LogP contribution < -0.4 is 5.32 Å². The summed E-state index contributed by atoms with van der Waals surface area (Å²) in [4.78, 5) is 21.1. The molecule has 2 unspecified atom stereocenters. The summed E-state index contributed by atoms with van der Waals surface area (Å²) in [5.41, 5.74) is 0.478. The van der Waals surface area contributed by atoms with E-state index < -0.39 is 18.1 Å². The highest BCUT2D eigenvalue weighted by atomic mass is 16.4. The standard InChI is InChI=1S/C11H17NO4/c1-3-5-8(6-4-2)10(14)9(11(15)16)12-7-13/h3,5-7,9-10,14H,4H2,1-2H3,(H,12,13)(H,15,16)/b5-3-,8-6+. The molecular formula is C11H17NO4. The third-order valence-electron chi connectivity index (χ3n) is 1.97. The number of hydrogen-bond donors (Lipinski definition) is 3. The highest BCUT2D eigenvalue weighted by Gasteiger charge is 2.27. The predicted molar refractivity (Wildman–Crippen MR) is 59.8 cm³/mol. The van der Waals surface area contributed by atoms with Crippen molar-refractivity contribution in [3.05, 3.63) is 23.8 Å². The summed E-state index contributed by atoms with van der Waals surface area (Å²) in [6.45, 7) is 3.64. The number of hydrogen-bond acceptors (Lipinski definition) is 3. The molecule has 0 saturated heterocycles. The van der Waals surface area contributed by atoms with Crippen molar-refractivity contribution in [2.75, 3.05) is 0 Å². The third-order valence-corrected chi connectivity index (χ3v) is 1.97. The molecule has 0 aliphatic heterocycles. The molecular weight excluding hydrogens is 210 g/mol. The Morgan fingerprint density at radius 1 is 1.50 bits per heavy atom. The van der Waals surface area contributed by atoms with Crippen LogP contribution in [0.1, 0.15) is 20.3 Å². The number of carboxylic acids is 1. The van der Waals surface area contributed by atoms with Crippen LogP contribution in [-0.4, -0.2) is 34.7 Å². The van der Waals surface area contributed by atoms with Gasteiger partial charge in [-0.05, 0) is 18.9 Å². The van der Waals surface area contributed by atoms with Crippen LogP contribution in [0.25, 0.3) is 0 Å². The summed E-state index contributed by atoms with van der Waals surface area (Å²) in [5, 5.41) is 20.7. The Morgan fingerprint density at radius 3 is 2.50 bits per heavy atom. The first kappa shape index (κ1) is 14.4. The first-order chi connectivity index (χ1) is 7.58. The number of carbonyl (C=O) groups excluding carboxylic acids is 1. The largest absolute Gasteiger partial charge is 0.480 e. The van der Waals surface area contributed by atoms with Gasteiger partial charge in [0.05, 0.1) is 0 Å². The number of nitrogens with one attached hydrogen (secondary N) is 1. The number of allylic oxidation sites excluding steroid dienone is 2. The van der Waals surface area contributed by atoms with Crippen molar-refractivity contribution >= 4 is 12.4 Å². The van der Waals surface area contributed by atoms with Gasteiger partial charge in [0, 0.05) is 0 Å². The van der Waals surface area contributed by atoms with Gasteiger partial charge >= 0.3 is 5.97 Å². The molecule has 0 rings (SSSR count). The van der Waals surface area contributed by atoms with Crippen molar-refractivity contribution in [3.63, 3.8) is 0 Å². The lowest BCUT2D eigenvalue weighted by Crippen LogP contribution is -2.46. The van der Waals surface area contributed by atoms with Gasteiger partial charge in [0.2, 0.25) is 6.41 Å². The van der Waals surface area contributed by atoms with Crippen LogP contribution in [0, 0.1) is 0 Å². The highest BCUT2D eigenvalue weighted by molar-refractivity contribution is 5.77. The van der Waals surface area contributed by atoms with Gasteiger partial charge in [0.25, 0.3) is 0 Å². The Balaban J connectivity index is 4.93. The van der Waals surface area contributed by atoms with E-state index in [9.17, 15) is 14.7 Å². The van der Waals surface area contributed by atoms with Crippen LogP contribution in [0.4, 0.5) is 0 Å². The molecule has 0 saturated carbocycles. The summed E-state index contributed by atoms with van der Waals surface area (Å²) in [7, 11) is 0. The van der Waals surface area contributed by atoms with Crippen molar-refractivity contribution in [1.29, 1.82) is 0 Å². The Morgan fingerprint density at radius 2 is 2.12 bits per heavy atom. The third kappa shape index (κ3) is 4.27. The van der Waals surface area contributed by atoms with Crippen LogP contribution in [0.3, 0.4) is 0 Å². The number of rotatable bonds is 7. The normalized spacial score (nSPS) is 15.8. The number of carbonyl (C=O) groups is 2. The average Bonchev–Trinajstić information content (AvgIpc) is 2.24. The lowest BCUT2D eigenvalue weighted by atomic mass is 10.0. The predicted octanol–water partition coefficient (Wildman–Crippen LogP) is 0.459. The van der Waals surface area contributed by atoms with Gasteiger partial charge in [-0.1, -0.05) is 25.2 Å². The van der Waals surface area contributed by atoms with Crippen molar-refractivity contribution in [3.8, 4) is 0 Å². The number of aliphatic hydroxyl groups is 1. The fourth-order valence-corrected chi connectivity index (χ4v) is 1.28. The molecule has 2 atom stereocenters. The minimum atomic E-state index is -1.33. The van der Waals surface area contributed by atoms with Crippen molar-refractivity contribution < 1.29 is 19.8 Å². The number of amides is 1. The highest BCUT2D eigenvalue weighted by Crippen LogP contribution is 2.10. The summed E-state index contributed by atoms with van der Waals surface area (Å²) in [5.74, 6) is -1.27. The molecule has 1 amide bonds. The van der Waals surface area contributed by atoms with E-state index in [0.717, 1.165) is 0 Å². The summed E-state index contributed by atoms with van der Waals surface area (Å²) in [6.07, 6.45) is 4.72. The van der Waals surface area contributed by atoms with Gasteiger partial charge in [-0.25, -0.2) is 4.79 Å². The topological polar surface area (TPSA) is 86.6 Å². The average molecular weight is 227 g/mol. The van der Waals surface area contributed by atoms with E-state index in [1.165, 1.54) is 0 Å². The first-order valence-corrected chi connectivity index (χ1v) is 5.01. The SMILES string of the molecule is C/C=C\C(=C/CC)C(O)C(NC=O)C(=O)O. The zero-order valence-electron chi connectivity index (χ0n) is 9.38. The van der Waals surface area contributed by atoms with Crippen molar-refractivity contribution in [1.82, 2.24) is 5.32 Å². The number of carboxylic acid groups (broad SMARTS) is 1. The minimum absolute atomic E-state index is 0.265. The van der Waals surface area contributed by atoms with Gasteiger partial charge < -0.3 is 15.5 Å². The second kappa shape index (κ2) is 7.64. The fourth-order valence-electron chi connectivity index (χ4n) is 1.28. The molecule has 5 heteroatoms. The van der Waals surface area contributed by atoms with Crippen LogP contribution in [-0.2, 0) is 9.59 Å². The molecule has 0 aliphatic carbocycles. The molecule has 5 nitrogen and oxygen atoms in total. The minimum Gasteiger partial charge on any atom is -0.480 e. The van der Waals surface area contributed by atoms with E-state index in [4.69, 9.17) is 5.11 Å². The molecule has 0 heterocycles. The summed E-state index contributed by atoms with van der Waals surface area (Å²) >= 11 is 0. The van der Waals surface area contributed by atoms with E-state index in [2.05, 4.69) is 5.32 Å². The number of aliphatic carboxylic acids is 1. The smallest absolute Gasteiger partial charge is 0.329 e. The fraction of sp³-hybridized carbons (Fsp3) is 0.455.